The van der Waals surface area contributed by atoms with Crippen LogP contribution in [0.1, 0.15) is 28.8 Å². The molecular weight excluding hydrogens is 400 g/mol. The minimum Gasteiger partial charge on any atom is -0.281 e. The molecule has 0 N–H and O–H groups in total. The van der Waals surface area contributed by atoms with E-state index in [1.807, 2.05) is 47.9 Å². The smallest absolute Gasteiger partial charge is 0.264 e. The van der Waals surface area contributed by atoms with Crippen molar-refractivity contribution < 1.29 is 12.6 Å². The van der Waals surface area contributed by atoms with Crippen LogP contribution < -0.4 is 0 Å². The summed E-state index contributed by atoms with van der Waals surface area (Å²) < 4.78 is 30.1. The summed E-state index contributed by atoms with van der Waals surface area (Å²) >= 11 is 6.04. The number of hydrogen-bond donors (Lipinski definition) is 0. The van der Waals surface area contributed by atoms with E-state index >= 15 is 0 Å². The van der Waals surface area contributed by atoms with Gasteiger partial charge in [-0.3, -0.25) is 13.7 Å². The van der Waals surface area contributed by atoms with Crippen molar-refractivity contribution in [2.24, 2.45) is 4.99 Å². The van der Waals surface area contributed by atoms with Crippen LogP contribution in [0.25, 0.3) is 5.69 Å². The van der Waals surface area contributed by atoms with Crippen molar-refractivity contribution in [1.29, 1.82) is 0 Å². The lowest BCUT2D eigenvalue weighted by Crippen LogP contribution is -2.15. The Morgan fingerprint density at radius 1 is 1.11 bits per heavy atom. The van der Waals surface area contributed by atoms with Gasteiger partial charge in [0.1, 0.15) is 11.9 Å². The van der Waals surface area contributed by atoms with E-state index in [4.69, 9.17) is 20.8 Å². The van der Waals surface area contributed by atoms with E-state index < -0.39 is 16.2 Å². The second kappa shape index (κ2) is 7.12. The summed E-state index contributed by atoms with van der Waals surface area (Å²) in [6, 6.07) is 14.5. The van der Waals surface area contributed by atoms with E-state index in [1.54, 1.807) is 12.1 Å². The summed E-state index contributed by atoms with van der Waals surface area (Å²) in [7, 11) is -3.63. The summed E-state index contributed by atoms with van der Waals surface area (Å²) in [5.74, 6) is 1.21. The Morgan fingerprint density at radius 3 is 2.54 bits per heavy atom. The molecule has 0 saturated carbocycles. The monoisotopic (exact) mass is 416 g/mol. The Morgan fingerprint density at radius 2 is 1.82 bits per heavy atom. The van der Waals surface area contributed by atoms with Gasteiger partial charge in [0.25, 0.3) is 10.1 Å². The van der Waals surface area contributed by atoms with Gasteiger partial charge < -0.3 is 0 Å². The molecule has 0 bridgehead atoms. The lowest BCUT2D eigenvalue weighted by Gasteiger charge is -2.12. The highest BCUT2D eigenvalue weighted by Crippen LogP contribution is 2.31. The lowest BCUT2D eigenvalue weighted by atomic mass is 10.0. The average molecular weight is 417 g/mol. The van der Waals surface area contributed by atoms with Gasteiger partial charge in [-0.15, -0.1) is 10.2 Å². The zero-order chi connectivity index (χ0) is 19.9. The van der Waals surface area contributed by atoms with Crippen LogP contribution in [0, 0.1) is 6.92 Å². The van der Waals surface area contributed by atoms with E-state index in [9.17, 15) is 8.42 Å². The summed E-state index contributed by atoms with van der Waals surface area (Å²) in [6.45, 7) is 1.68. The standard InChI is InChI=1S/C19H17ClN4O3S/c1-12-22-23-19-16(11-27-28(2,25)26)21-18(13-7-9-14(20)10-8-13)15-5-3-4-6-17(15)24(12)19/h3-10,16H,11H2,1-2H3. The molecule has 1 atom stereocenters. The molecule has 7 nitrogen and oxygen atoms in total. The van der Waals surface area contributed by atoms with Crippen LogP contribution >= 0.6 is 11.6 Å². The molecule has 9 heteroatoms. The molecule has 3 aromatic rings. The summed E-state index contributed by atoms with van der Waals surface area (Å²) in [6.07, 6.45) is 1.01. The van der Waals surface area contributed by atoms with Gasteiger partial charge in [-0.05, 0) is 25.1 Å². The van der Waals surface area contributed by atoms with Crippen molar-refractivity contribution in [2.75, 3.05) is 12.9 Å². The topological polar surface area (TPSA) is 86.4 Å². The van der Waals surface area contributed by atoms with Crippen molar-refractivity contribution in [1.82, 2.24) is 14.8 Å². The third-order valence-electron chi connectivity index (χ3n) is 4.39. The van der Waals surface area contributed by atoms with E-state index in [-0.39, 0.29) is 6.61 Å². The van der Waals surface area contributed by atoms with E-state index in [0.717, 1.165) is 23.1 Å². The molecule has 1 aromatic heterocycles. The first-order chi connectivity index (χ1) is 13.3. The SMILES string of the molecule is Cc1nnc2n1-c1ccccc1C(c1ccc(Cl)cc1)=NC2COS(C)(=O)=O. The molecule has 28 heavy (non-hydrogen) atoms. The van der Waals surface area contributed by atoms with E-state index in [0.29, 0.717) is 22.4 Å². The van der Waals surface area contributed by atoms with Gasteiger partial charge in [0.05, 0.1) is 24.3 Å². The van der Waals surface area contributed by atoms with Crippen LogP contribution in [-0.2, 0) is 14.3 Å². The Balaban J connectivity index is 1.93. The van der Waals surface area contributed by atoms with Crippen LogP contribution in [0.2, 0.25) is 5.02 Å². The third kappa shape index (κ3) is 3.58. The fourth-order valence-electron chi connectivity index (χ4n) is 3.18. The van der Waals surface area contributed by atoms with Crippen LogP contribution in [0.4, 0.5) is 0 Å². The second-order valence-electron chi connectivity index (χ2n) is 6.45. The largest absolute Gasteiger partial charge is 0.281 e. The number of rotatable bonds is 4. The van der Waals surface area contributed by atoms with Crippen molar-refractivity contribution in [3.8, 4) is 5.69 Å². The zero-order valence-electron chi connectivity index (χ0n) is 15.2. The number of nitrogens with zero attached hydrogens (tertiary/aromatic N) is 4. The van der Waals surface area contributed by atoms with Crippen molar-refractivity contribution in [3.05, 3.63) is 76.3 Å². The van der Waals surface area contributed by atoms with Crippen molar-refractivity contribution >= 4 is 27.4 Å². The number of aromatic nitrogens is 3. The fraction of sp³-hybridized carbons (Fsp3) is 0.211. The summed E-state index contributed by atoms with van der Waals surface area (Å²) in [5.41, 5.74) is 3.32. The van der Waals surface area contributed by atoms with Gasteiger partial charge in [0.2, 0.25) is 0 Å². The van der Waals surface area contributed by atoms with Gasteiger partial charge in [-0.25, -0.2) is 0 Å². The van der Waals surface area contributed by atoms with Crippen molar-refractivity contribution in [2.45, 2.75) is 13.0 Å². The predicted molar refractivity (Wildman–Crippen MR) is 107 cm³/mol. The number of fused-ring (bicyclic) bond motifs is 3. The van der Waals surface area contributed by atoms with Crippen LogP contribution in [-0.4, -0.2) is 41.8 Å². The molecule has 2 heterocycles. The minimum atomic E-state index is -3.63. The zero-order valence-corrected chi connectivity index (χ0v) is 16.8. The molecule has 4 rings (SSSR count). The maximum atomic E-state index is 11.6. The van der Waals surface area contributed by atoms with E-state index in [2.05, 4.69) is 10.2 Å². The molecule has 0 spiro atoms. The number of hydrogen-bond acceptors (Lipinski definition) is 6. The number of para-hydroxylation sites is 1. The van der Waals surface area contributed by atoms with Crippen LogP contribution in [0.3, 0.4) is 0 Å². The van der Waals surface area contributed by atoms with Gasteiger partial charge in [-0.1, -0.05) is 41.9 Å². The maximum Gasteiger partial charge on any atom is 0.264 e. The molecule has 144 valence electrons. The van der Waals surface area contributed by atoms with E-state index in [1.165, 1.54) is 0 Å². The third-order valence-corrected chi connectivity index (χ3v) is 5.21. The maximum absolute atomic E-state index is 11.6. The Kier molecular flexibility index (Phi) is 4.78. The molecule has 1 unspecified atom stereocenters. The van der Waals surface area contributed by atoms with Crippen LogP contribution in [0.5, 0.6) is 0 Å². The van der Waals surface area contributed by atoms with Gasteiger partial charge in [0, 0.05) is 16.1 Å². The highest BCUT2D eigenvalue weighted by atomic mass is 35.5. The highest BCUT2D eigenvalue weighted by Gasteiger charge is 2.28. The normalized spacial score (nSPS) is 16.1. The number of aliphatic imine (C=N–C) groups is 1. The molecule has 1 aliphatic heterocycles. The molecule has 1 aliphatic rings. The summed E-state index contributed by atoms with van der Waals surface area (Å²) in [4.78, 5) is 4.84. The predicted octanol–water partition coefficient (Wildman–Crippen LogP) is 3.10. The first kappa shape index (κ1) is 18.8. The summed E-state index contributed by atoms with van der Waals surface area (Å²) in [5, 5.41) is 9.04. The molecule has 0 amide bonds. The molecule has 0 radical (unpaired) electrons. The first-order valence-corrected chi connectivity index (χ1v) is 10.7. The van der Waals surface area contributed by atoms with Gasteiger partial charge >= 0.3 is 0 Å². The average Bonchev–Trinajstić information content (AvgIpc) is 2.96. The Labute approximate surface area is 167 Å². The number of benzene rings is 2. The van der Waals surface area contributed by atoms with Crippen LogP contribution in [0.15, 0.2) is 53.5 Å². The quantitative estimate of drug-likeness (QED) is 0.610. The second-order valence-corrected chi connectivity index (χ2v) is 8.53. The molecule has 0 saturated heterocycles. The first-order valence-electron chi connectivity index (χ1n) is 8.53. The van der Waals surface area contributed by atoms with Crippen molar-refractivity contribution in [3.63, 3.8) is 0 Å². The van der Waals surface area contributed by atoms with Gasteiger partial charge in [0.15, 0.2) is 5.82 Å². The number of halogens is 1. The number of aryl methyl sites for hydroxylation is 1. The lowest BCUT2D eigenvalue weighted by molar-refractivity contribution is 0.292. The fourth-order valence-corrected chi connectivity index (χ4v) is 3.68. The Hall–Kier alpha value is -2.55. The molecule has 0 aliphatic carbocycles. The highest BCUT2D eigenvalue weighted by molar-refractivity contribution is 7.85. The molecule has 0 fully saturated rings. The molecule has 2 aromatic carbocycles. The Bertz CT molecular complexity index is 1170. The van der Waals surface area contributed by atoms with Gasteiger partial charge in [-0.2, -0.15) is 8.42 Å². The minimum absolute atomic E-state index is 0.165. The molecular formula is C19H17ClN4O3S.